The number of alkyl halides is 5. The average molecular weight is 750 g/mol. The number of carbonyl (C=O) groups is 5. The Morgan fingerprint density at radius 1 is 0.865 bits per heavy atom. The summed E-state index contributed by atoms with van der Waals surface area (Å²) < 4.78 is 72.6. The van der Waals surface area contributed by atoms with Gasteiger partial charge in [0, 0.05) is 17.0 Å². The number of amides is 4. The van der Waals surface area contributed by atoms with Crippen LogP contribution >= 0.6 is 11.6 Å². The van der Waals surface area contributed by atoms with Crippen LogP contribution in [-0.4, -0.2) is 67.2 Å². The van der Waals surface area contributed by atoms with Gasteiger partial charge in [-0.05, 0) is 59.5 Å². The van der Waals surface area contributed by atoms with Crippen LogP contribution in [0, 0.1) is 17.2 Å². The minimum absolute atomic E-state index is 0.0332. The molecule has 3 aromatic carbocycles. The van der Waals surface area contributed by atoms with Gasteiger partial charge in [0.15, 0.2) is 0 Å². The number of hydrogen-bond acceptors (Lipinski definition) is 7. The summed E-state index contributed by atoms with van der Waals surface area (Å²) in [7, 11) is 1.36. The van der Waals surface area contributed by atoms with Crippen molar-refractivity contribution in [3.63, 3.8) is 0 Å². The molecule has 0 bridgehead atoms. The van der Waals surface area contributed by atoms with E-state index in [1.54, 1.807) is 18.2 Å². The number of hydrogen-bond donors (Lipinski definition) is 4. The van der Waals surface area contributed by atoms with E-state index in [0.717, 1.165) is 5.32 Å². The largest absolute Gasteiger partial charge is 0.497 e. The van der Waals surface area contributed by atoms with E-state index in [9.17, 15) is 51.2 Å². The molecular formula is C35H33ClF5N5O6. The van der Waals surface area contributed by atoms with Crippen molar-refractivity contribution < 1.29 is 50.7 Å². The summed E-state index contributed by atoms with van der Waals surface area (Å²) in [6.45, 7) is 0.354. The zero-order chi connectivity index (χ0) is 38.8. The number of Topliss-reactive ketones (excluding diaryl/α,β-unsaturated/α-hetero) is 1. The predicted molar refractivity (Wildman–Crippen MR) is 177 cm³/mol. The van der Waals surface area contributed by atoms with E-state index in [2.05, 4.69) is 16.0 Å². The molecule has 0 aromatic heterocycles. The third-order valence-electron chi connectivity index (χ3n) is 7.49. The number of carbonyl (C=O) groups excluding carboxylic acids is 5. The first-order valence-electron chi connectivity index (χ1n) is 15.4. The Bertz CT molecular complexity index is 1830. The SMILES string of the molecule is COc1ccc([C@H](NC(=O)[C@H](Cc2cccc(Cl)c2)NC(=O)c2cccc(C#N)c2)C(=O)N[C@H](C(=O)C(F)(F)C(=O)NCC(F)(F)F)C(C)C)cc1. The summed E-state index contributed by atoms with van der Waals surface area (Å²) in [6, 6.07) is 14.1. The molecule has 17 heteroatoms. The number of methoxy groups -OCH3 is 1. The third kappa shape index (κ3) is 11.2. The molecule has 0 unspecified atom stereocenters. The Morgan fingerprint density at radius 3 is 2.10 bits per heavy atom. The molecule has 0 aliphatic heterocycles. The maximum atomic E-state index is 14.9. The zero-order valence-corrected chi connectivity index (χ0v) is 28.6. The van der Waals surface area contributed by atoms with Crippen molar-refractivity contribution in [1.29, 1.82) is 5.26 Å². The molecule has 0 spiro atoms. The van der Waals surface area contributed by atoms with Gasteiger partial charge in [-0.2, -0.15) is 27.2 Å². The Kier molecular flexibility index (Phi) is 13.8. The number of benzene rings is 3. The van der Waals surface area contributed by atoms with Crippen molar-refractivity contribution in [2.45, 2.75) is 50.5 Å². The van der Waals surface area contributed by atoms with Gasteiger partial charge in [0.2, 0.25) is 17.6 Å². The molecule has 0 fully saturated rings. The predicted octanol–water partition coefficient (Wildman–Crippen LogP) is 4.44. The fourth-order valence-corrected chi connectivity index (χ4v) is 5.00. The minimum Gasteiger partial charge on any atom is -0.497 e. The number of nitrogens with one attached hydrogen (secondary N) is 4. The fourth-order valence-electron chi connectivity index (χ4n) is 4.79. The topological polar surface area (TPSA) is 166 Å². The first-order valence-corrected chi connectivity index (χ1v) is 15.8. The molecule has 4 N–H and O–H groups in total. The first-order chi connectivity index (χ1) is 24.4. The highest BCUT2D eigenvalue weighted by atomic mass is 35.5. The van der Waals surface area contributed by atoms with Gasteiger partial charge in [0.05, 0.1) is 24.8 Å². The van der Waals surface area contributed by atoms with E-state index in [1.165, 1.54) is 75.6 Å². The zero-order valence-electron chi connectivity index (χ0n) is 27.8. The monoisotopic (exact) mass is 749 g/mol. The van der Waals surface area contributed by atoms with Crippen LogP contribution in [0.25, 0.3) is 0 Å². The van der Waals surface area contributed by atoms with Crippen LogP contribution < -0.4 is 26.0 Å². The molecule has 52 heavy (non-hydrogen) atoms. The molecule has 276 valence electrons. The summed E-state index contributed by atoms with van der Waals surface area (Å²) in [6.07, 6.45) is -5.21. The van der Waals surface area contributed by atoms with Gasteiger partial charge < -0.3 is 26.0 Å². The van der Waals surface area contributed by atoms with Crippen LogP contribution in [0.1, 0.15) is 46.9 Å². The van der Waals surface area contributed by atoms with Crippen LogP contribution in [0.5, 0.6) is 5.75 Å². The maximum Gasteiger partial charge on any atom is 0.405 e. The molecule has 11 nitrogen and oxygen atoms in total. The lowest BCUT2D eigenvalue weighted by Crippen LogP contribution is -2.58. The number of ketones is 1. The average Bonchev–Trinajstić information content (AvgIpc) is 3.10. The molecule has 0 aliphatic carbocycles. The van der Waals surface area contributed by atoms with Crippen LogP contribution in [0.3, 0.4) is 0 Å². The summed E-state index contributed by atoms with van der Waals surface area (Å²) in [5.74, 6) is -13.4. The molecule has 0 heterocycles. The van der Waals surface area contributed by atoms with Crippen LogP contribution in [-0.2, 0) is 25.6 Å². The normalized spacial score (nSPS) is 13.2. The Hall–Kier alpha value is -5.56. The number of halogens is 6. The van der Waals surface area contributed by atoms with E-state index in [-0.39, 0.29) is 23.1 Å². The fraction of sp³-hybridized carbons (Fsp3) is 0.314. The van der Waals surface area contributed by atoms with Gasteiger partial charge in [0.1, 0.15) is 24.4 Å². The minimum atomic E-state index is -5.05. The molecule has 0 saturated heterocycles. The lowest BCUT2D eigenvalue weighted by molar-refractivity contribution is -0.165. The summed E-state index contributed by atoms with van der Waals surface area (Å²) in [4.78, 5) is 65.9. The molecule has 3 aromatic rings. The lowest BCUT2D eigenvalue weighted by atomic mass is 9.94. The highest BCUT2D eigenvalue weighted by Gasteiger charge is 2.52. The highest BCUT2D eigenvalue weighted by Crippen LogP contribution is 2.24. The van der Waals surface area contributed by atoms with Crippen molar-refractivity contribution in [3.8, 4) is 11.8 Å². The number of ether oxygens (including phenoxy) is 1. The standard InChI is InChI=1S/C35H33ClF5N5O6/c1-19(2)27(29(47)35(40,41)33(51)43-18-34(37,38)39)45-32(50)28(22-10-12-25(52-3)13-11-22)46-31(49)26(16-20-6-5-9-24(36)15-20)44-30(48)23-8-4-7-21(14-23)17-42/h4-15,19,26-28H,16,18H2,1-3H3,(H,43,51)(H,44,48)(H,45,50)(H,46,49)/t26-,27-,28-/m0/s1. The summed E-state index contributed by atoms with van der Waals surface area (Å²) >= 11 is 6.12. The highest BCUT2D eigenvalue weighted by molar-refractivity contribution is 6.30. The van der Waals surface area contributed by atoms with E-state index < -0.39 is 72.1 Å². The smallest absolute Gasteiger partial charge is 0.405 e. The number of nitrogens with zero attached hydrogens (tertiary/aromatic N) is 1. The van der Waals surface area contributed by atoms with Gasteiger partial charge in [-0.25, -0.2) is 0 Å². The van der Waals surface area contributed by atoms with Gasteiger partial charge in [0.25, 0.3) is 11.8 Å². The second-order valence-corrected chi connectivity index (χ2v) is 12.2. The van der Waals surface area contributed by atoms with E-state index in [1.807, 2.05) is 6.07 Å². The van der Waals surface area contributed by atoms with Gasteiger partial charge in [-0.1, -0.05) is 55.8 Å². The van der Waals surface area contributed by atoms with Gasteiger partial charge >= 0.3 is 12.1 Å². The second-order valence-electron chi connectivity index (χ2n) is 11.7. The van der Waals surface area contributed by atoms with Crippen molar-refractivity contribution in [3.05, 3.63) is 100 Å². The number of rotatable bonds is 15. The molecule has 4 amide bonds. The van der Waals surface area contributed by atoms with Crippen molar-refractivity contribution in [2.24, 2.45) is 5.92 Å². The Balaban J connectivity index is 1.98. The van der Waals surface area contributed by atoms with E-state index >= 15 is 0 Å². The third-order valence-corrected chi connectivity index (χ3v) is 7.73. The Morgan fingerprint density at radius 2 is 1.52 bits per heavy atom. The van der Waals surface area contributed by atoms with Crippen molar-refractivity contribution in [1.82, 2.24) is 21.3 Å². The maximum absolute atomic E-state index is 14.9. The number of nitriles is 1. The quantitative estimate of drug-likeness (QED) is 0.132. The van der Waals surface area contributed by atoms with Crippen LogP contribution in [0.15, 0.2) is 72.8 Å². The van der Waals surface area contributed by atoms with Crippen molar-refractivity contribution >= 4 is 41.0 Å². The second kappa shape index (κ2) is 17.6. The molecule has 0 radical (unpaired) electrons. The molecule has 3 atom stereocenters. The molecule has 0 aliphatic rings. The Labute approximate surface area is 299 Å². The molecule has 0 saturated carbocycles. The van der Waals surface area contributed by atoms with Crippen LogP contribution in [0.4, 0.5) is 22.0 Å². The molecule has 3 rings (SSSR count). The van der Waals surface area contributed by atoms with Crippen LogP contribution in [0.2, 0.25) is 5.02 Å². The van der Waals surface area contributed by atoms with E-state index in [4.69, 9.17) is 16.3 Å². The molecular weight excluding hydrogens is 717 g/mol. The van der Waals surface area contributed by atoms with Gasteiger partial charge in [-0.3, -0.25) is 24.0 Å². The van der Waals surface area contributed by atoms with Crippen molar-refractivity contribution in [2.75, 3.05) is 13.7 Å². The first kappa shape index (κ1) is 40.9. The summed E-state index contributed by atoms with van der Waals surface area (Å²) in [5.41, 5.74) is 0.745. The van der Waals surface area contributed by atoms with Gasteiger partial charge in [-0.15, -0.1) is 0 Å². The van der Waals surface area contributed by atoms with E-state index in [0.29, 0.717) is 16.3 Å². The summed E-state index contributed by atoms with van der Waals surface area (Å²) in [5, 5.41) is 17.7. The lowest BCUT2D eigenvalue weighted by Gasteiger charge is -2.28.